The molecule has 0 aliphatic heterocycles. The minimum absolute atomic E-state index is 0.287. The Labute approximate surface area is 110 Å². The van der Waals surface area contributed by atoms with Gasteiger partial charge >= 0.3 is 0 Å². The SMILES string of the molecule is Cc1cccc(-c2noc(N)c2-c2ccccn2)c1. The quantitative estimate of drug-likeness (QED) is 0.759. The number of nitrogen functional groups attached to an aromatic ring is 1. The van der Waals surface area contributed by atoms with Gasteiger partial charge in [0.25, 0.3) is 0 Å². The maximum Gasteiger partial charge on any atom is 0.232 e. The Morgan fingerprint density at radius 1 is 1.11 bits per heavy atom. The molecule has 94 valence electrons. The van der Waals surface area contributed by atoms with Crippen LogP contribution in [-0.2, 0) is 0 Å². The van der Waals surface area contributed by atoms with Crippen LogP contribution in [0.15, 0.2) is 53.2 Å². The summed E-state index contributed by atoms with van der Waals surface area (Å²) in [6.07, 6.45) is 1.72. The smallest absolute Gasteiger partial charge is 0.232 e. The molecule has 0 bridgehead atoms. The van der Waals surface area contributed by atoms with Gasteiger partial charge < -0.3 is 10.3 Å². The normalized spacial score (nSPS) is 10.6. The number of rotatable bonds is 2. The van der Waals surface area contributed by atoms with Crippen LogP contribution in [0.1, 0.15) is 5.56 Å². The van der Waals surface area contributed by atoms with E-state index in [1.807, 2.05) is 49.4 Å². The van der Waals surface area contributed by atoms with Crippen LogP contribution in [0.2, 0.25) is 0 Å². The van der Waals surface area contributed by atoms with Gasteiger partial charge in [-0.05, 0) is 25.1 Å². The summed E-state index contributed by atoms with van der Waals surface area (Å²) in [7, 11) is 0. The summed E-state index contributed by atoms with van der Waals surface area (Å²) in [5.41, 5.74) is 10.2. The predicted molar refractivity (Wildman–Crippen MR) is 74.3 cm³/mol. The second-order valence-corrected chi connectivity index (χ2v) is 4.35. The molecule has 4 heteroatoms. The monoisotopic (exact) mass is 251 g/mol. The zero-order valence-corrected chi connectivity index (χ0v) is 10.5. The highest BCUT2D eigenvalue weighted by Crippen LogP contribution is 2.34. The van der Waals surface area contributed by atoms with Gasteiger partial charge in [-0.3, -0.25) is 4.98 Å². The Hall–Kier alpha value is -2.62. The lowest BCUT2D eigenvalue weighted by molar-refractivity contribution is 0.439. The van der Waals surface area contributed by atoms with E-state index in [0.717, 1.165) is 28.1 Å². The molecule has 0 atom stereocenters. The van der Waals surface area contributed by atoms with Crippen LogP contribution in [-0.4, -0.2) is 10.1 Å². The third-order valence-corrected chi connectivity index (χ3v) is 2.93. The van der Waals surface area contributed by atoms with Crippen molar-refractivity contribution in [3.63, 3.8) is 0 Å². The van der Waals surface area contributed by atoms with Crippen molar-refractivity contribution < 1.29 is 4.52 Å². The molecule has 0 unspecified atom stereocenters. The molecule has 3 rings (SSSR count). The molecule has 0 aliphatic carbocycles. The van der Waals surface area contributed by atoms with Crippen molar-refractivity contribution in [2.45, 2.75) is 6.92 Å². The number of hydrogen-bond donors (Lipinski definition) is 1. The van der Waals surface area contributed by atoms with Gasteiger partial charge in [0.15, 0.2) is 0 Å². The maximum absolute atomic E-state index is 5.88. The van der Waals surface area contributed by atoms with E-state index in [0.29, 0.717) is 0 Å². The second-order valence-electron chi connectivity index (χ2n) is 4.35. The zero-order valence-electron chi connectivity index (χ0n) is 10.5. The fraction of sp³-hybridized carbons (Fsp3) is 0.0667. The summed E-state index contributed by atoms with van der Waals surface area (Å²) >= 11 is 0. The molecular weight excluding hydrogens is 238 g/mol. The average Bonchev–Trinajstić information content (AvgIpc) is 2.82. The molecule has 2 heterocycles. The molecule has 1 aromatic carbocycles. The highest BCUT2D eigenvalue weighted by molar-refractivity contribution is 5.85. The molecule has 2 aromatic heterocycles. The van der Waals surface area contributed by atoms with Crippen LogP contribution in [0.5, 0.6) is 0 Å². The van der Waals surface area contributed by atoms with E-state index >= 15 is 0 Å². The molecule has 2 N–H and O–H groups in total. The van der Waals surface area contributed by atoms with Crippen molar-refractivity contribution in [3.8, 4) is 22.5 Å². The number of hydrogen-bond acceptors (Lipinski definition) is 4. The molecule has 0 saturated heterocycles. The standard InChI is InChI=1S/C15H13N3O/c1-10-5-4-6-11(9-10)14-13(15(16)19-18-14)12-7-2-3-8-17-12/h2-9H,16H2,1H3. The number of aromatic nitrogens is 2. The molecule has 0 saturated carbocycles. The molecular formula is C15H13N3O. The molecule has 3 aromatic rings. The second kappa shape index (κ2) is 4.57. The van der Waals surface area contributed by atoms with Gasteiger partial charge in [-0.25, -0.2) is 0 Å². The van der Waals surface area contributed by atoms with Crippen molar-refractivity contribution >= 4 is 5.88 Å². The summed E-state index contributed by atoms with van der Waals surface area (Å²) in [6, 6.07) is 13.7. The number of pyridine rings is 1. The number of aryl methyl sites for hydroxylation is 1. The molecule has 0 fully saturated rings. The zero-order chi connectivity index (χ0) is 13.2. The Morgan fingerprint density at radius 3 is 2.74 bits per heavy atom. The van der Waals surface area contributed by atoms with Crippen molar-refractivity contribution in [1.82, 2.24) is 10.1 Å². The highest BCUT2D eigenvalue weighted by atomic mass is 16.5. The van der Waals surface area contributed by atoms with Gasteiger partial charge in [0.1, 0.15) is 5.69 Å². The van der Waals surface area contributed by atoms with Gasteiger partial charge in [-0.1, -0.05) is 35.0 Å². The van der Waals surface area contributed by atoms with Crippen molar-refractivity contribution in [3.05, 3.63) is 54.2 Å². The van der Waals surface area contributed by atoms with E-state index in [-0.39, 0.29) is 5.88 Å². The highest BCUT2D eigenvalue weighted by Gasteiger charge is 2.18. The van der Waals surface area contributed by atoms with E-state index in [2.05, 4.69) is 10.1 Å². The van der Waals surface area contributed by atoms with E-state index in [1.165, 1.54) is 0 Å². The van der Waals surface area contributed by atoms with Crippen molar-refractivity contribution in [2.24, 2.45) is 0 Å². The van der Waals surface area contributed by atoms with Gasteiger partial charge in [-0.15, -0.1) is 0 Å². The molecule has 4 nitrogen and oxygen atoms in total. The summed E-state index contributed by atoms with van der Waals surface area (Å²) in [4.78, 5) is 4.31. The van der Waals surface area contributed by atoms with E-state index < -0.39 is 0 Å². The van der Waals surface area contributed by atoms with Crippen molar-refractivity contribution in [1.29, 1.82) is 0 Å². The van der Waals surface area contributed by atoms with Crippen molar-refractivity contribution in [2.75, 3.05) is 5.73 Å². The third kappa shape index (κ3) is 2.08. The topological polar surface area (TPSA) is 64.9 Å². The van der Waals surface area contributed by atoms with Crippen LogP contribution >= 0.6 is 0 Å². The minimum atomic E-state index is 0.287. The van der Waals surface area contributed by atoms with Crippen LogP contribution in [0.25, 0.3) is 22.5 Å². The number of anilines is 1. The largest absolute Gasteiger partial charge is 0.367 e. The van der Waals surface area contributed by atoms with Crippen LogP contribution in [0, 0.1) is 6.92 Å². The molecule has 0 radical (unpaired) electrons. The van der Waals surface area contributed by atoms with Gasteiger partial charge in [0.2, 0.25) is 5.88 Å². The maximum atomic E-state index is 5.88. The van der Waals surface area contributed by atoms with Gasteiger partial charge in [0, 0.05) is 11.8 Å². The minimum Gasteiger partial charge on any atom is -0.367 e. The number of benzene rings is 1. The van der Waals surface area contributed by atoms with Gasteiger partial charge in [0.05, 0.1) is 11.3 Å². The summed E-state index contributed by atoms with van der Waals surface area (Å²) in [5.74, 6) is 0.287. The Morgan fingerprint density at radius 2 is 2.00 bits per heavy atom. The van der Waals surface area contributed by atoms with Crippen LogP contribution in [0.4, 0.5) is 5.88 Å². The first-order valence-corrected chi connectivity index (χ1v) is 5.99. The number of nitrogens with two attached hydrogens (primary N) is 1. The summed E-state index contributed by atoms with van der Waals surface area (Å²) < 4.78 is 5.13. The molecule has 0 spiro atoms. The van der Waals surface area contributed by atoms with Gasteiger partial charge in [-0.2, -0.15) is 0 Å². The predicted octanol–water partition coefficient (Wildman–Crippen LogP) is 3.29. The van der Waals surface area contributed by atoms with Crippen LogP contribution in [0.3, 0.4) is 0 Å². The Kier molecular flexibility index (Phi) is 2.76. The molecule has 19 heavy (non-hydrogen) atoms. The first kappa shape index (κ1) is 11.5. The Bertz CT molecular complexity index is 704. The van der Waals surface area contributed by atoms with Crippen LogP contribution < -0.4 is 5.73 Å². The fourth-order valence-corrected chi connectivity index (χ4v) is 2.05. The van der Waals surface area contributed by atoms with E-state index in [9.17, 15) is 0 Å². The fourth-order valence-electron chi connectivity index (χ4n) is 2.05. The van der Waals surface area contributed by atoms with E-state index in [1.54, 1.807) is 6.20 Å². The summed E-state index contributed by atoms with van der Waals surface area (Å²) in [5, 5.41) is 4.06. The lowest BCUT2D eigenvalue weighted by atomic mass is 10.0. The Balaban J connectivity index is 2.19. The lowest BCUT2D eigenvalue weighted by Gasteiger charge is -2.02. The molecule has 0 amide bonds. The summed E-state index contributed by atoms with van der Waals surface area (Å²) in [6.45, 7) is 2.04. The first-order chi connectivity index (χ1) is 9.25. The average molecular weight is 251 g/mol. The van der Waals surface area contributed by atoms with E-state index in [4.69, 9.17) is 10.3 Å². The lowest BCUT2D eigenvalue weighted by Crippen LogP contribution is -1.90. The molecule has 0 aliphatic rings. The third-order valence-electron chi connectivity index (χ3n) is 2.93. The first-order valence-electron chi connectivity index (χ1n) is 5.99. The number of nitrogens with zero attached hydrogens (tertiary/aromatic N) is 2.